The fourth-order valence-corrected chi connectivity index (χ4v) is 4.38. The van der Waals surface area contributed by atoms with Gasteiger partial charge in [-0.3, -0.25) is 9.69 Å². The number of hydrogen-bond acceptors (Lipinski definition) is 7. The number of phenolic OH excluding ortho intramolecular Hbond substituents is 1. The average molecular weight is 534 g/mol. The van der Waals surface area contributed by atoms with E-state index in [1.165, 1.54) is 17.2 Å². The van der Waals surface area contributed by atoms with Crippen LogP contribution in [0.4, 0.5) is 15.8 Å². The summed E-state index contributed by atoms with van der Waals surface area (Å²) in [5.41, 5.74) is 2.47. The number of carbonyl (C=O) groups excluding carboxylic acids is 2. The van der Waals surface area contributed by atoms with Crippen molar-refractivity contribution in [3.8, 4) is 23.8 Å². The zero-order chi connectivity index (χ0) is 28.7. The SMILES string of the molecule is C#CCOc1ccc([C@H]2C(C)=C(CC(C)(C)CC)Nc3c(O)cccc3N2C(=O)c2cocn2)c(F)c1.C=O. The second kappa shape index (κ2) is 12.3. The number of anilines is 2. The number of aromatic hydroxyl groups is 1. The Morgan fingerprint density at radius 3 is 2.69 bits per heavy atom. The normalized spacial score (nSPS) is 14.8. The first kappa shape index (κ1) is 29.0. The molecule has 2 N–H and O–H groups in total. The van der Waals surface area contributed by atoms with Gasteiger partial charge < -0.3 is 24.4 Å². The summed E-state index contributed by atoms with van der Waals surface area (Å²) in [5, 5.41) is 14.2. The average Bonchev–Trinajstić information content (AvgIpc) is 3.44. The second-order valence-corrected chi connectivity index (χ2v) is 9.78. The molecule has 0 bridgehead atoms. The van der Waals surface area contributed by atoms with E-state index in [9.17, 15) is 9.90 Å². The number of hydrogen-bond donors (Lipinski definition) is 2. The Hall–Kier alpha value is -4.58. The molecule has 39 heavy (non-hydrogen) atoms. The molecule has 0 saturated carbocycles. The minimum absolute atomic E-state index is 0.00470. The van der Waals surface area contributed by atoms with Crippen LogP contribution in [0.3, 0.4) is 0 Å². The van der Waals surface area contributed by atoms with Crippen LogP contribution in [0, 0.1) is 23.6 Å². The van der Waals surface area contributed by atoms with Gasteiger partial charge in [-0.1, -0.05) is 39.2 Å². The Morgan fingerprint density at radius 2 is 2.08 bits per heavy atom. The molecule has 1 aromatic heterocycles. The van der Waals surface area contributed by atoms with E-state index in [-0.39, 0.29) is 34.8 Å². The van der Waals surface area contributed by atoms with Crippen molar-refractivity contribution in [2.75, 3.05) is 16.8 Å². The Bertz CT molecular complexity index is 1390. The second-order valence-electron chi connectivity index (χ2n) is 9.78. The summed E-state index contributed by atoms with van der Waals surface area (Å²) in [6.45, 7) is 10.2. The maximum atomic E-state index is 15.7. The fraction of sp³-hybridized carbons (Fsp3) is 0.300. The molecule has 2 aromatic carbocycles. The van der Waals surface area contributed by atoms with E-state index in [0.29, 0.717) is 17.8 Å². The molecule has 1 amide bonds. The molecule has 204 valence electrons. The van der Waals surface area contributed by atoms with Gasteiger partial charge in [0, 0.05) is 17.3 Å². The van der Waals surface area contributed by atoms with Gasteiger partial charge in [0.1, 0.15) is 42.7 Å². The third kappa shape index (κ3) is 6.12. The van der Waals surface area contributed by atoms with Crippen molar-refractivity contribution >= 4 is 24.1 Å². The van der Waals surface area contributed by atoms with Gasteiger partial charge in [-0.05, 0) is 48.6 Å². The number of carbonyl (C=O) groups is 2. The number of ether oxygens (including phenoxy) is 1. The number of oxazole rings is 1. The van der Waals surface area contributed by atoms with Gasteiger partial charge in [-0.25, -0.2) is 9.37 Å². The molecular weight excluding hydrogens is 501 g/mol. The van der Waals surface area contributed by atoms with Crippen molar-refractivity contribution in [1.82, 2.24) is 4.98 Å². The number of aromatic nitrogens is 1. The van der Waals surface area contributed by atoms with Crippen LogP contribution in [0.15, 0.2) is 64.7 Å². The van der Waals surface area contributed by atoms with Gasteiger partial charge >= 0.3 is 0 Å². The van der Waals surface area contributed by atoms with Crippen LogP contribution in [0.5, 0.6) is 11.5 Å². The molecule has 1 atom stereocenters. The number of amides is 1. The number of phenols is 1. The number of para-hydroxylation sites is 1. The third-order valence-corrected chi connectivity index (χ3v) is 6.77. The summed E-state index contributed by atoms with van der Waals surface area (Å²) >= 11 is 0. The summed E-state index contributed by atoms with van der Waals surface area (Å²) < 4.78 is 26.2. The van der Waals surface area contributed by atoms with Crippen molar-refractivity contribution in [1.29, 1.82) is 0 Å². The molecule has 0 fully saturated rings. The lowest BCUT2D eigenvalue weighted by Gasteiger charge is -2.33. The highest BCUT2D eigenvalue weighted by Crippen LogP contribution is 2.48. The number of halogens is 1. The summed E-state index contributed by atoms with van der Waals surface area (Å²) in [4.78, 5) is 27.4. The van der Waals surface area contributed by atoms with Crippen molar-refractivity contribution in [2.24, 2.45) is 5.41 Å². The minimum Gasteiger partial charge on any atom is -0.506 e. The van der Waals surface area contributed by atoms with Crippen molar-refractivity contribution in [2.45, 2.75) is 46.6 Å². The standard InChI is InChI=1S/C29H30FN3O4.CH2O/c1-6-13-37-19-11-12-20(21(30)14-19)27-18(3)22(15-29(4,5)7-2)32-26-24(9-8-10-25(26)34)33(27)28(35)23-16-36-17-31-23;1-2/h1,8-12,14,16-17,27,32,34H,7,13,15H2,2-5H3;1H2/t27-;/m1./s1. The molecular formula is C30H32FN3O5. The number of rotatable bonds is 7. The van der Waals surface area contributed by atoms with E-state index in [0.717, 1.165) is 24.1 Å². The smallest absolute Gasteiger partial charge is 0.281 e. The lowest BCUT2D eigenvalue weighted by molar-refractivity contribution is -0.0980. The zero-order valence-corrected chi connectivity index (χ0v) is 22.5. The number of nitrogens with zero attached hydrogens (tertiary/aromatic N) is 2. The van der Waals surface area contributed by atoms with Crippen LogP contribution in [-0.4, -0.2) is 29.4 Å². The van der Waals surface area contributed by atoms with Crippen LogP contribution in [0.2, 0.25) is 0 Å². The molecule has 4 rings (SSSR count). The molecule has 0 radical (unpaired) electrons. The molecule has 3 aromatic rings. The van der Waals surface area contributed by atoms with Gasteiger partial charge in [0.25, 0.3) is 5.91 Å². The highest BCUT2D eigenvalue weighted by molar-refractivity contribution is 6.08. The highest BCUT2D eigenvalue weighted by Gasteiger charge is 2.38. The molecule has 8 nitrogen and oxygen atoms in total. The maximum Gasteiger partial charge on any atom is 0.281 e. The van der Waals surface area contributed by atoms with Crippen molar-refractivity contribution in [3.63, 3.8) is 0 Å². The molecule has 0 saturated heterocycles. The first-order valence-corrected chi connectivity index (χ1v) is 12.3. The molecule has 2 heterocycles. The van der Waals surface area contributed by atoms with Crippen LogP contribution >= 0.6 is 0 Å². The van der Waals surface area contributed by atoms with Crippen LogP contribution < -0.4 is 15.0 Å². The molecule has 9 heteroatoms. The summed E-state index contributed by atoms with van der Waals surface area (Å²) in [6.07, 6.45) is 9.17. The number of nitrogens with one attached hydrogen (secondary N) is 1. The Labute approximate surface area is 227 Å². The lowest BCUT2D eigenvalue weighted by atomic mass is 9.83. The summed E-state index contributed by atoms with van der Waals surface area (Å²) in [6, 6.07) is 8.50. The Morgan fingerprint density at radius 1 is 1.33 bits per heavy atom. The quantitative estimate of drug-likeness (QED) is 0.273. The topological polar surface area (TPSA) is 105 Å². The van der Waals surface area contributed by atoms with Gasteiger partial charge in [0.2, 0.25) is 0 Å². The zero-order valence-electron chi connectivity index (χ0n) is 22.5. The minimum atomic E-state index is -0.857. The predicted molar refractivity (Wildman–Crippen MR) is 147 cm³/mol. The van der Waals surface area contributed by atoms with Crippen molar-refractivity contribution < 1.29 is 28.2 Å². The van der Waals surface area contributed by atoms with E-state index in [4.69, 9.17) is 20.4 Å². The third-order valence-electron chi connectivity index (χ3n) is 6.77. The summed E-state index contributed by atoms with van der Waals surface area (Å²) in [7, 11) is 0. The first-order chi connectivity index (χ1) is 18.7. The number of benzene rings is 2. The molecule has 0 unspecified atom stereocenters. The fourth-order valence-electron chi connectivity index (χ4n) is 4.38. The van der Waals surface area contributed by atoms with Gasteiger partial charge in [-0.15, -0.1) is 6.42 Å². The highest BCUT2D eigenvalue weighted by atomic mass is 19.1. The van der Waals surface area contributed by atoms with Crippen LogP contribution in [-0.2, 0) is 4.79 Å². The number of fused-ring (bicyclic) bond motifs is 1. The molecule has 0 aliphatic carbocycles. The largest absolute Gasteiger partial charge is 0.506 e. The Balaban J connectivity index is 0.00000205. The van der Waals surface area contributed by atoms with Crippen LogP contribution in [0.25, 0.3) is 0 Å². The van der Waals surface area contributed by atoms with E-state index in [1.807, 2.05) is 13.7 Å². The van der Waals surface area contributed by atoms with Gasteiger partial charge in [-0.2, -0.15) is 0 Å². The van der Waals surface area contributed by atoms with Gasteiger partial charge in [0.15, 0.2) is 12.1 Å². The Kier molecular flexibility index (Phi) is 9.15. The van der Waals surface area contributed by atoms with E-state index in [1.54, 1.807) is 30.3 Å². The van der Waals surface area contributed by atoms with Gasteiger partial charge in [0.05, 0.1) is 11.7 Å². The van der Waals surface area contributed by atoms with E-state index >= 15 is 4.39 Å². The van der Waals surface area contributed by atoms with E-state index < -0.39 is 17.8 Å². The van der Waals surface area contributed by atoms with Crippen molar-refractivity contribution in [3.05, 3.63) is 77.4 Å². The number of terminal acetylenes is 1. The molecule has 1 aliphatic heterocycles. The van der Waals surface area contributed by atoms with Crippen LogP contribution in [0.1, 0.15) is 62.6 Å². The monoisotopic (exact) mass is 533 g/mol. The number of allylic oxidation sites excluding steroid dienone is 1. The predicted octanol–water partition coefficient (Wildman–Crippen LogP) is 6.26. The maximum absolute atomic E-state index is 15.7. The first-order valence-electron chi connectivity index (χ1n) is 12.3. The van der Waals surface area contributed by atoms with E-state index in [2.05, 4.69) is 37.0 Å². The summed E-state index contributed by atoms with van der Waals surface area (Å²) in [5.74, 6) is 1.55. The molecule has 1 aliphatic rings. The molecule has 0 spiro atoms. The lowest BCUT2D eigenvalue weighted by Crippen LogP contribution is -2.36.